The molecule has 1 aromatic rings. The first-order valence-electron chi connectivity index (χ1n) is 6.86. The molecule has 0 spiro atoms. The van der Waals surface area contributed by atoms with E-state index >= 15 is 0 Å². The summed E-state index contributed by atoms with van der Waals surface area (Å²) in [4.78, 5) is 12.0. The molecule has 2 N–H and O–H groups in total. The first kappa shape index (κ1) is 15.7. The van der Waals surface area contributed by atoms with E-state index in [9.17, 15) is 4.79 Å². The lowest BCUT2D eigenvalue weighted by Crippen LogP contribution is -2.33. The Balaban J connectivity index is 2.67. The van der Waals surface area contributed by atoms with Gasteiger partial charge < -0.3 is 10.5 Å². The van der Waals surface area contributed by atoms with Crippen LogP contribution in [0.4, 0.5) is 0 Å². The van der Waals surface area contributed by atoms with Crippen LogP contribution in [0.2, 0.25) is 0 Å². The predicted octanol–water partition coefficient (Wildman–Crippen LogP) is 2.71. The summed E-state index contributed by atoms with van der Waals surface area (Å²) in [5.74, 6) is -0.485. The third-order valence-electron chi connectivity index (χ3n) is 2.94. The van der Waals surface area contributed by atoms with E-state index in [2.05, 4.69) is 31.2 Å². The molecule has 1 aromatic carbocycles. The lowest BCUT2D eigenvalue weighted by Gasteiger charge is -2.23. The summed E-state index contributed by atoms with van der Waals surface area (Å²) in [6.07, 6.45) is 1.65. The second-order valence-electron chi connectivity index (χ2n) is 5.84. The Hall–Kier alpha value is -1.35. The maximum Gasteiger partial charge on any atom is 0.311 e. The van der Waals surface area contributed by atoms with Gasteiger partial charge in [-0.05, 0) is 44.7 Å². The van der Waals surface area contributed by atoms with Crippen molar-refractivity contribution in [2.45, 2.75) is 46.1 Å². The second-order valence-corrected chi connectivity index (χ2v) is 5.84. The summed E-state index contributed by atoms with van der Waals surface area (Å²) in [5.41, 5.74) is 7.65. The molecule has 0 saturated heterocycles. The topological polar surface area (TPSA) is 52.3 Å². The summed E-state index contributed by atoms with van der Waals surface area (Å²) < 4.78 is 5.39. The van der Waals surface area contributed by atoms with E-state index in [1.165, 1.54) is 5.56 Å². The molecule has 3 nitrogen and oxygen atoms in total. The third-order valence-corrected chi connectivity index (χ3v) is 2.94. The van der Waals surface area contributed by atoms with Crippen molar-refractivity contribution in [3.63, 3.8) is 0 Å². The second kappa shape index (κ2) is 6.71. The van der Waals surface area contributed by atoms with Gasteiger partial charge in [-0.1, -0.05) is 31.2 Å². The van der Waals surface area contributed by atoms with Gasteiger partial charge in [0.05, 0.1) is 5.92 Å². The van der Waals surface area contributed by atoms with Crippen molar-refractivity contribution in [1.29, 1.82) is 0 Å². The average Bonchev–Trinajstić information content (AvgIpc) is 2.34. The van der Waals surface area contributed by atoms with Gasteiger partial charge in [0.25, 0.3) is 0 Å². The fourth-order valence-electron chi connectivity index (χ4n) is 1.84. The highest BCUT2D eigenvalue weighted by atomic mass is 16.6. The van der Waals surface area contributed by atoms with Crippen LogP contribution in [0.5, 0.6) is 0 Å². The number of carbonyl (C=O) groups excluding carboxylic acids is 1. The van der Waals surface area contributed by atoms with Crippen molar-refractivity contribution in [3.05, 3.63) is 35.4 Å². The van der Waals surface area contributed by atoms with E-state index < -0.39 is 5.60 Å². The number of aryl methyl sites for hydroxylation is 1. The van der Waals surface area contributed by atoms with E-state index in [1.807, 2.05) is 20.8 Å². The molecular weight excluding hydrogens is 238 g/mol. The fourth-order valence-corrected chi connectivity index (χ4v) is 1.84. The van der Waals surface area contributed by atoms with E-state index in [-0.39, 0.29) is 11.9 Å². The molecule has 0 saturated carbocycles. The van der Waals surface area contributed by atoms with Gasteiger partial charge in [-0.15, -0.1) is 0 Å². The molecular formula is C16H25NO2. The molecule has 0 heterocycles. The van der Waals surface area contributed by atoms with E-state index in [0.717, 1.165) is 12.0 Å². The molecule has 0 aliphatic heterocycles. The standard InChI is InChI=1S/C16H25NO2/c1-5-12-6-8-13(9-7-12)10-14(11-17)15(18)19-16(2,3)4/h6-9,14H,5,10-11,17H2,1-4H3. The van der Waals surface area contributed by atoms with Crippen LogP contribution in [0, 0.1) is 5.92 Å². The van der Waals surface area contributed by atoms with Crippen LogP contribution >= 0.6 is 0 Å². The van der Waals surface area contributed by atoms with Gasteiger partial charge in [0.2, 0.25) is 0 Å². The first-order valence-corrected chi connectivity index (χ1v) is 6.86. The molecule has 0 aliphatic rings. The largest absolute Gasteiger partial charge is 0.460 e. The number of carbonyl (C=O) groups is 1. The van der Waals surface area contributed by atoms with Crippen molar-refractivity contribution in [3.8, 4) is 0 Å². The highest BCUT2D eigenvalue weighted by Gasteiger charge is 2.24. The molecule has 3 heteroatoms. The van der Waals surface area contributed by atoms with Crippen molar-refractivity contribution < 1.29 is 9.53 Å². The normalized spacial score (nSPS) is 13.1. The van der Waals surface area contributed by atoms with Crippen molar-refractivity contribution in [1.82, 2.24) is 0 Å². The zero-order valence-corrected chi connectivity index (χ0v) is 12.4. The van der Waals surface area contributed by atoms with Crippen molar-refractivity contribution in [2.75, 3.05) is 6.54 Å². The van der Waals surface area contributed by atoms with Gasteiger partial charge in [-0.3, -0.25) is 4.79 Å². The monoisotopic (exact) mass is 263 g/mol. The third kappa shape index (κ3) is 5.43. The van der Waals surface area contributed by atoms with Crippen LogP contribution in [-0.4, -0.2) is 18.1 Å². The van der Waals surface area contributed by atoms with Gasteiger partial charge in [0.1, 0.15) is 5.60 Å². The number of hydrogen-bond donors (Lipinski definition) is 1. The highest BCUT2D eigenvalue weighted by molar-refractivity contribution is 5.73. The Bertz CT molecular complexity index is 404. The highest BCUT2D eigenvalue weighted by Crippen LogP contribution is 2.15. The summed E-state index contributed by atoms with van der Waals surface area (Å²) in [5, 5.41) is 0. The Morgan fingerprint density at radius 2 is 1.74 bits per heavy atom. The summed E-state index contributed by atoms with van der Waals surface area (Å²) >= 11 is 0. The SMILES string of the molecule is CCc1ccc(CC(CN)C(=O)OC(C)(C)C)cc1. The minimum atomic E-state index is -0.462. The summed E-state index contributed by atoms with van der Waals surface area (Å²) in [6, 6.07) is 8.31. The van der Waals surface area contributed by atoms with Gasteiger partial charge in [-0.2, -0.15) is 0 Å². The molecule has 0 aliphatic carbocycles. The molecule has 0 fully saturated rings. The summed E-state index contributed by atoms with van der Waals surface area (Å²) in [7, 11) is 0. The minimum Gasteiger partial charge on any atom is -0.460 e. The quantitative estimate of drug-likeness (QED) is 0.831. The molecule has 0 amide bonds. The van der Waals surface area contributed by atoms with Crippen LogP contribution in [0.25, 0.3) is 0 Å². The van der Waals surface area contributed by atoms with Gasteiger partial charge >= 0.3 is 5.97 Å². The maximum absolute atomic E-state index is 12.0. The van der Waals surface area contributed by atoms with Gasteiger partial charge in [-0.25, -0.2) is 0 Å². The molecule has 106 valence electrons. The number of nitrogens with two attached hydrogens (primary N) is 1. The van der Waals surface area contributed by atoms with Crippen LogP contribution in [-0.2, 0) is 22.4 Å². The summed E-state index contributed by atoms with van der Waals surface area (Å²) in [6.45, 7) is 8.04. The fraction of sp³-hybridized carbons (Fsp3) is 0.562. The molecule has 19 heavy (non-hydrogen) atoms. The predicted molar refractivity (Wildman–Crippen MR) is 77.9 cm³/mol. The van der Waals surface area contributed by atoms with Crippen LogP contribution < -0.4 is 5.73 Å². The number of hydrogen-bond acceptors (Lipinski definition) is 3. The smallest absolute Gasteiger partial charge is 0.311 e. The average molecular weight is 263 g/mol. The minimum absolute atomic E-state index is 0.213. The molecule has 1 atom stereocenters. The molecule has 1 rings (SSSR count). The molecule has 0 aromatic heterocycles. The van der Waals surface area contributed by atoms with E-state index in [4.69, 9.17) is 10.5 Å². The maximum atomic E-state index is 12.0. The Labute approximate surface area is 116 Å². The van der Waals surface area contributed by atoms with E-state index in [1.54, 1.807) is 0 Å². The van der Waals surface area contributed by atoms with Crippen molar-refractivity contribution in [2.24, 2.45) is 11.7 Å². The van der Waals surface area contributed by atoms with E-state index in [0.29, 0.717) is 13.0 Å². The number of esters is 1. The van der Waals surface area contributed by atoms with Gasteiger partial charge in [0, 0.05) is 6.54 Å². The van der Waals surface area contributed by atoms with Gasteiger partial charge in [0.15, 0.2) is 0 Å². The van der Waals surface area contributed by atoms with Crippen LogP contribution in [0.15, 0.2) is 24.3 Å². The molecule has 0 radical (unpaired) electrons. The zero-order valence-electron chi connectivity index (χ0n) is 12.4. The van der Waals surface area contributed by atoms with Crippen molar-refractivity contribution >= 4 is 5.97 Å². The molecule has 1 unspecified atom stereocenters. The number of rotatable bonds is 5. The zero-order chi connectivity index (χ0) is 14.5. The van der Waals surface area contributed by atoms with Crippen LogP contribution in [0.3, 0.4) is 0 Å². The van der Waals surface area contributed by atoms with Crippen LogP contribution in [0.1, 0.15) is 38.8 Å². The Kier molecular flexibility index (Phi) is 5.55. The number of ether oxygens (including phenoxy) is 1. The Morgan fingerprint density at radius 3 is 2.16 bits per heavy atom. The first-order chi connectivity index (χ1) is 8.85. The lowest BCUT2D eigenvalue weighted by molar-refractivity contribution is -0.159. The Morgan fingerprint density at radius 1 is 1.21 bits per heavy atom. The number of benzene rings is 1. The molecule has 0 bridgehead atoms. The lowest BCUT2D eigenvalue weighted by atomic mass is 9.98.